The van der Waals surface area contributed by atoms with Gasteiger partial charge in [0.15, 0.2) is 0 Å². The van der Waals surface area contributed by atoms with Crippen LogP contribution in [-0.4, -0.2) is 27.1 Å². The Labute approximate surface area is 146 Å². The summed E-state index contributed by atoms with van der Waals surface area (Å²) in [5, 5.41) is 34.9. The monoisotopic (exact) mass is 366 g/mol. The van der Waals surface area contributed by atoms with Crippen molar-refractivity contribution in [3.8, 4) is 5.75 Å². The Hall–Kier alpha value is -3.53. The summed E-state index contributed by atoms with van der Waals surface area (Å²) in [5.41, 5.74) is 0.780. The molecule has 130 valence electrons. The minimum absolute atomic E-state index is 0. The molecule has 25 heavy (non-hydrogen) atoms. The average molecular weight is 367 g/mol. The molecule has 10 nitrogen and oxygen atoms in total. The summed E-state index contributed by atoms with van der Waals surface area (Å²) >= 11 is 0. The van der Waals surface area contributed by atoms with Crippen molar-refractivity contribution in [3.05, 3.63) is 73.8 Å². The third-order valence-electron chi connectivity index (χ3n) is 2.92. The van der Waals surface area contributed by atoms with Crippen molar-refractivity contribution in [1.82, 2.24) is 5.43 Å². The Morgan fingerprint density at radius 1 is 1.12 bits per heavy atom. The Morgan fingerprint density at radius 3 is 2.32 bits per heavy atom. The van der Waals surface area contributed by atoms with Crippen LogP contribution in [0.3, 0.4) is 0 Å². The van der Waals surface area contributed by atoms with Gasteiger partial charge in [0.05, 0.1) is 27.7 Å². The Morgan fingerprint density at radius 2 is 1.76 bits per heavy atom. The third-order valence-corrected chi connectivity index (χ3v) is 2.92. The van der Waals surface area contributed by atoms with Gasteiger partial charge in [-0.25, -0.2) is 5.43 Å². The molecule has 0 bridgehead atoms. The number of aromatic hydroxyl groups is 1. The molecule has 0 heterocycles. The van der Waals surface area contributed by atoms with E-state index in [0.29, 0.717) is 11.6 Å². The standard InChI is InChI=1S/C14H10N4O6.ClH/c19-13-10(6-11(17(21)22)7-12(13)18(23)24)8-15-16-14(20)9-4-2-1-3-5-9;/h1-8,19H,(H,16,20);1H/b15-8+;. The van der Waals surface area contributed by atoms with Crippen LogP contribution in [0, 0.1) is 20.2 Å². The maximum atomic E-state index is 11.8. The predicted molar refractivity (Wildman–Crippen MR) is 90.2 cm³/mol. The first-order valence-electron chi connectivity index (χ1n) is 6.44. The number of non-ortho nitro benzene ring substituents is 1. The second kappa shape index (κ2) is 8.36. The van der Waals surface area contributed by atoms with Gasteiger partial charge in [-0.1, -0.05) is 18.2 Å². The molecule has 2 aromatic carbocycles. The highest BCUT2D eigenvalue weighted by Gasteiger charge is 2.23. The third kappa shape index (κ3) is 4.72. The normalized spacial score (nSPS) is 10.1. The molecular formula is C14H11ClN4O6. The molecular weight excluding hydrogens is 356 g/mol. The van der Waals surface area contributed by atoms with Gasteiger partial charge in [-0.3, -0.25) is 25.0 Å². The van der Waals surface area contributed by atoms with Crippen LogP contribution in [0.5, 0.6) is 5.75 Å². The Balaban J connectivity index is 0.00000312. The molecule has 11 heteroatoms. The first-order chi connectivity index (χ1) is 11.4. The fraction of sp³-hybridized carbons (Fsp3) is 0. The summed E-state index contributed by atoms with van der Waals surface area (Å²) in [5.74, 6) is -1.34. The number of phenols is 1. The van der Waals surface area contributed by atoms with E-state index in [0.717, 1.165) is 12.3 Å². The lowest BCUT2D eigenvalue weighted by atomic mass is 10.1. The number of nitrogens with zero attached hydrogens (tertiary/aromatic N) is 3. The average Bonchev–Trinajstić information content (AvgIpc) is 2.56. The zero-order valence-corrected chi connectivity index (χ0v) is 13.2. The molecule has 2 rings (SSSR count). The smallest absolute Gasteiger partial charge is 0.318 e. The Bertz CT molecular complexity index is 841. The van der Waals surface area contributed by atoms with E-state index in [-0.39, 0.29) is 18.0 Å². The van der Waals surface area contributed by atoms with E-state index in [9.17, 15) is 30.1 Å². The number of hydrogen-bond donors (Lipinski definition) is 2. The number of halogens is 1. The number of hydrogen-bond acceptors (Lipinski definition) is 7. The molecule has 0 saturated heterocycles. The highest BCUT2D eigenvalue weighted by molar-refractivity contribution is 5.95. The molecule has 0 atom stereocenters. The number of carbonyl (C=O) groups is 1. The van der Waals surface area contributed by atoms with E-state index >= 15 is 0 Å². The molecule has 2 aromatic rings. The van der Waals surface area contributed by atoms with E-state index in [1.54, 1.807) is 30.3 Å². The number of amides is 1. The van der Waals surface area contributed by atoms with E-state index in [1.807, 2.05) is 0 Å². The summed E-state index contributed by atoms with van der Waals surface area (Å²) < 4.78 is 0. The van der Waals surface area contributed by atoms with Gasteiger partial charge in [0.25, 0.3) is 11.6 Å². The first-order valence-corrected chi connectivity index (χ1v) is 6.44. The second-order valence-corrected chi connectivity index (χ2v) is 4.48. The van der Waals surface area contributed by atoms with E-state index in [2.05, 4.69) is 10.5 Å². The largest absolute Gasteiger partial charge is 0.502 e. The van der Waals surface area contributed by atoms with E-state index < -0.39 is 32.9 Å². The summed E-state index contributed by atoms with van der Waals surface area (Å²) in [7, 11) is 0. The molecule has 0 fully saturated rings. The topological polar surface area (TPSA) is 148 Å². The number of carbonyl (C=O) groups excluding carboxylic acids is 1. The minimum Gasteiger partial charge on any atom is -0.502 e. The van der Waals surface area contributed by atoms with E-state index in [1.165, 1.54) is 0 Å². The Kier molecular flexibility index (Phi) is 6.52. The van der Waals surface area contributed by atoms with Crippen molar-refractivity contribution in [2.75, 3.05) is 0 Å². The number of nitro groups is 2. The van der Waals surface area contributed by atoms with E-state index in [4.69, 9.17) is 0 Å². The van der Waals surface area contributed by atoms with Gasteiger partial charge in [-0.2, -0.15) is 5.10 Å². The van der Waals surface area contributed by atoms with Crippen LogP contribution in [0.1, 0.15) is 15.9 Å². The van der Waals surface area contributed by atoms with Crippen molar-refractivity contribution in [1.29, 1.82) is 0 Å². The van der Waals surface area contributed by atoms with Crippen molar-refractivity contribution in [3.63, 3.8) is 0 Å². The van der Waals surface area contributed by atoms with Gasteiger partial charge >= 0.3 is 5.69 Å². The lowest BCUT2D eigenvalue weighted by Crippen LogP contribution is -2.17. The highest BCUT2D eigenvalue weighted by atomic mass is 35.5. The van der Waals surface area contributed by atoms with Crippen molar-refractivity contribution < 1.29 is 19.7 Å². The van der Waals surface area contributed by atoms with Crippen LogP contribution in [0.2, 0.25) is 0 Å². The van der Waals surface area contributed by atoms with Gasteiger partial charge in [0, 0.05) is 11.6 Å². The highest BCUT2D eigenvalue weighted by Crippen LogP contribution is 2.33. The van der Waals surface area contributed by atoms with Crippen LogP contribution in [-0.2, 0) is 0 Å². The SMILES string of the molecule is Cl.O=C(N/N=C/c1cc([N+](=O)[O-])cc([N+](=O)[O-])c1O)c1ccccc1. The maximum absolute atomic E-state index is 11.8. The number of benzene rings is 2. The summed E-state index contributed by atoms with van der Waals surface area (Å²) in [6, 6.07) is 9.64. The summed E-state index contributed by atoms with van der Waals surface area (Å²) in [6.07, 6.45) is 0.885. The number of nitrogens with one attached hydrogen (secondary N) is 1. The quantitative estimate of drug-likeness (QED) is 0.471. The molecule has 0 aliphatic heterocycles. The molecule has 0 spiro atoms. The molecule has 0 aromatic heterocycles. The molecule has 0 aliphatic carbocycles. The number of nitro benzene ring substituents is 2. The van der Waals surface area contributed by atoms with Crippen LogP contribution >= 0.6 is 12.4 Å². The van der Waals surface area contributed by atoms with Crippen molar-refractivity contribution in [2.24, 2.45) is 5.10 Å². The second-order valence-electron chi connectivity index (χ2n) is 4.48. The number of phenolic OH excluding ortho intramolecular Hbond substituents is 1. The summed E-state index contributed by atoms with van der Waals surface area (Å²) in [4.78, 5) is 31.6. The molecule has 2 N–H and O–H groups in total. The zero-order chi connectivity index (χ0) is 17.7. The van der Waals surface area contributed by atoms with Gasteiger partial charge in [-0.05, 0) is 12.1 Å². The van der Waals surface area contributed by atoms with Crippen LogP contribution in [0.25, 0.3) is 0 Å². The number of hydrazone groups is 1. The van der Waals surface area contributed by atoms with Crippen molar-refractivity contribution in [2.45, 2.75) is 0 Å². The number of rotatable bonds is 5. The van der Waals surface area contributed by atoms with Crippen LogP contribution in [0.15, 0.2) is 47.6 Å². The molecule has 0 saturated carbocycles. The minimum atomic E-state index is -0.956. The lowest BCUT2D eigenvalue weighted by Gasteiger charge is -2.02. The lowest BCUT2D eigenvalue weighted by molar-refractivity contribution is -0.394. The molecule has 0 unspecified atom stereocenters. The molecule has 0 radical (unpaired) electrons. The van der Waals surface area contributed by atoms with Gasteiger partial charge in [-0.15, -0.1) is 12.4 Å². The van der Waals surface area contributed by atoms with Gasteiger partial charge in [0.1, 0.15) is 0 Å². The molecule has 1 amide bonds. The van der Waals surface area contributed by atoms with Gasteiger partial charge in [0.2, 0.25) is 5.75 Å². The fourth-order valence-corrected chi connectivity index (χ4v) is 1.78. The first kappa shape index (κ1) is 19.5. The maximum Gasteiger partial charge on any atom is 0.318 e. The van der Waals surface area contributed by atoms with Gasteiger partial charge < -0.3 is 5.11 Å². The van der Waals surface area contributed by atoms with Crippen LogP contribution in [0.4, 0.5) is 11.4 Å². The van der Waals surface area contributed by atoms with Crippen molar-refractivity contribution >= 4 is 35.9 Å². The molecule has 0 aliphatic rings. The fourth-order valence-electron chi connectivity index (χ4n) is 1.78. The predicted octanol–water partition coefficient (Wildman–Crippen LogP) is 2.39. The summed E-state index contributed by atoms with van der Waals surface area (Å²) in [6.45, 7) is 0. The van der Waals surface area contributed by atoms with Crippen LogP contribution < -0.4 is 5.43 Å². The zero-order valence-electron chi connectivity index (χ0n) is 12.4.